The molecule has 0 aliphatic carbocycles. The fraction of sp³-hybridized carbons (Fsp3) is 0.333. The van der Waals surface area contributed by atoms with Gasteiger partial charge in [-0.2, -0.15) is 14.0 Å². The van der Waals surface area contributed by atoms with E-state index in [1.165, 1.54) is 13.0 Å². The second-order valence-electron chi connectivity index (χ2n) is 3.41. The standard InChI is InChI=1S/C12H9F4NO3/c1-2-19-11(18)7-4-3-6(5-17)8(10(13)14)9(7)20-12(15)16/h3-4,10,12H,2H2,1H3. The molecule has 8 heteroatoms. The molecule has 0 N–H and O–H groups in total. The number of rotatable bonds is 5. The molecule has 1 rings (SSSR count). The second-order valence-corrected chi connectivity index (χ2v) is 3.41. The summed E-state index contributed by atoms with van der Waals surface area (Å²) in [5.41, 5.74) is -2.19. The van der Waals surface area contributed by atoms with Crippen LogP contribution in [0.3, 0.4) is 0 Å². The van der Waals surface area contributed by atoms with Crippen molar-refractivity contribution in [2.45, 2.75) is 20.0 Å². The fourth-order valence-corrected chi connectivity index (χ4v) is 1.50. The summed E-state index contributed by atoms with van der Waals surface area (Å²) in [6.07, 6.45) is -3.26. The minimum absolute atomic E-state index is 0.0725. The van der Waals surface area contributed by atoms with Gasteiger partial charge in [0.2, 0.25) is 0 Å². The summed E-state index contributed by atoms with van der Waals surface area (Å²) in [4.78, 5) is 11.5. The molecule has 1 aromatic carbocycles. The first kappa shape index (κ1) is 15.8. The molecular weight excluding hydrogens is 282 g/mol. The number of alkyl halides is 4. The summed E-state index contributed by atoms with van der Waals surface area (Å²) >= 11 is 0. The molecule has 108 valence electrons. The summed E-state index contributed by atoms with van der Waals surface area (Å²) in [5.74, 6) is -2.12. The van der Waals surface area contributed by atoms with E-state index < -0.39 is 41.4 Å². The Labute approximate surface area is 111 Å². The maximum atomic E-state index is 12.9. The Morgan fingerprint density at radius 3 is 2.45 bits per heavy atom. The molecule has 0 amide bonds. The fourth-order valence-electron chi connectivity index (χ4n) is 1.50. The first-order chi connectivity index (χ1) is 9.42. The lowest BCUT2D eigenvalue weighted by atomic mass is 10.0. The average Bonchev–Trinajstić information content (AvgIpc) is 2.37. The van der Waals surface area contributed by atoms with E-state index in [1.54, 1.807) is 0 Å². The van der Waals surface area contributed by atoms with Crippen LogP contribution in [0.1, 0.15) is 34.8 Å². The van der Waals surface area contributed by atoms with Crippen LogP contribution in [-0.2, 0) is 4.74 Å². The van der Waals surface area contributed by atoms with Gasteiger partial charge in [-0.15, -0.1) is 0 Å². The monoisotopic (exact) mass is 291 g/mol. The first-order valence-electron chi connectivity index (χ1n) is 5.39. The van der Waals surface area contributed by atoms with Crippen LogP contribution in [-0.4, -0.2) is 19.2 Å². The van der Waals surface area contributed by atoms with Crippen molar-refractivity contribution in [3.05, 3.63) is 28.8 Å². The highest BCUT2D eigenvalue weighted by atomic mass is 19.3. The summed E-state index contributed by atoms with van der Waals surface area (Å²) in [5, 5.41) is 8.72. The normalized spacial score (nSPS) is 10.5. The number of nitriles is 1. The number of carbonyl (C=O) groups excluding carboxylic acids is 1. The lowest BCUT2D eigenvalue weighted by molar-refractivity contribution is -0.0526. The van der Waals surface area contributed by atoms with Gasteiger partial charge < -0.3 is 9.47 Å². The Morgan fingerprint density at radius 1 is 1.35 bits per heavy atom. The van der Waals surface area contributed by atoms with E-state index in [0.717, 1.165) is 12.1 Å². The van der Waals surface area contributed by atoms with Crippen LogP contribution in [0.25, 0.3) is 0 Å². The van der Waals surface area contributed by atoms with E-state index in [9.17, 15) is 22.4 Å². The Balaban J connectivity index is 3.49. The van der Waals surface area contributed by atoms with E-state index in [-0.39, 0.29) is 6.61 Å². The minimum atomic E-state index is -3.42. The molecule has 0 bridgehead atoms. The third kappa shape index (κ3) is 3.38. The predicted octanol–water partition coefficient (Wildman–Crippen LogP) is 3.27. The quantitative estimate of drug-likeness (QED) is 0.617. The van der Waals surface area contributed by atoms with Crippen molar-refractivity contribution in [3.8, 4) is 11.8 Å². The summed E-state index contributed by atoms with van der Waals surface area (Å²) in [6, 6.07) is 3.29. The first-order valence-corrected chi connectivity index (χ1v) is 5.39. The largest absolute Gasteiger partial charge is 0.462 e. The van der Waals surface area contributed by atoms with Gasteiger partial charge in [0.15, 0.2) is 5.75 Å². The molecule has 20 heavy (non-hydrogen) atoms. The Hall–Kier alpha value is -2.30. The van der Waals surface area contributed by atoms with Gasteiger partial charge in [0.05, 0.1) is 23.8 Å². The smallest absolute Gasteiger partial charge is 0.387 e. The lowest BCUT2D eigenvalue weighted by Crippen LogP contribution is -2.13. The van der Waals surface area contributed by atoms with E-state index in [4.69, 9.17) is 5.26 Å². The topological polar surface area (TPSA) is 59.3 Å². The molecule has 0 aliphatic rings. The van der Waals surface area contributed by atoms with Crippen molar-refractivity contribution < 1.29 is 31.8 Å². The third-order valence-electron chi connectivity index (χ3n) is 2.24. The van der Waals surface area contributed by atoms with Crippen molar-refractivity contribution in [2.24, 2.45) is 0 Å². The van der Waals surface area contributed by atoms with Crippen LogP contribution in [0.15, 0.2) is 12.1 Å². The zero-order valence-electron chi connectivity index (χ0n) is 10.2. The molecule has 0 aliphatic heterocycles. The van der Waals surface area contributed by atoms with E-state index in [2.05, 4.69) is 9.47 Å². The van der Waals surface area contributed by atoms with E-state index in [1.807, 2.05) is 0 Å². The average molecular weight is 291 g/mol. The highest BCUT2D eigenvalue weighted by Gasteiger charge is 2.27. The predicted molar refractivity (Wildman–Crippen MR) is 58.7 cm³/mol. The van der Waals surface area contributed by atoms with Crippen LogP contribution >= 0.6 is 0 Å². The van der Waals surface area contributed by atoms with E-state index in [0.29, 0.717) is 0 Å². The van der Waals surface area contributed by atoms with Crippen molar-refractivity contribution in [1.82, 2.24) is 0 Å². The molecule has 4 nitrogen and oxygen atoms in total. The zero-order chi connectivity index (χ0) is 15.3. The number of halogens is 4. The summed E-state index contributed by atoms with van der Waals surface area (Å²) < 4.78 is 59.1. The zero-order valence-corrected chi connectivity index (χ0v) is 10.2. The van der Waals surface area contributed by atoms with Crippen LogP contribution in [0.5, 0.6) is 5.75 Å². The van der Waals surface area contributed by atoms with Crippen LogP contribution in [0.2, 0.25) is 0 Å². The number of carbonyl (C=O) groups is 1. The van der Waals surface area contributed by atoms with Crippen molar-refractivity contribution in [1.29, 1.82) is 5.26 Å². The molecule has 0 saturated carbocycles. The molecule has 0 spiro atoms. The molecular formula is C12H9F4NO3. The molecule has 0 radical (unpaired) electrons. The molecule has 1 aromatic rings. The van der Waals surface area contributed by atoms with Crippen molar-refractivity contribution >= 4 is 5.97 Å². The van der Waals surface area contributed by atoms with Crippen LogP contribution < -0.4 is 4.74 Å². The summed E-state index contributed by atoms with van der Waals surface area (Å²) in [6.45, 7) is -2.03. The number of ether oxygens (including phenoxy) is 2. The maximum Gasteiger partial charge on any atom is 0.387 e. The number of nitrogens with zero attached hydrogens (tertiary/aromatic N) is 1. The van der Waals surface area contributed by atoms with Crippen LogP contribution in [0, 0.1) is 11.3 Å². The van der Waals surface area contributed by atoms with Gasteiger partial charge >= 0.3 is 12.6 Å². The molecule has 0 aromatic heterocycles. The third-order valence-corrected chi connectivity index (χ3v) is 2.24. The Bertz CT molecular complexity index is 540. The van der Waals surface area contributed by atoms with Gasteiger partial charge in [-0.1, -0.05) is 0 Å². The van der Waals surface area contributed by atoms with E-state index >= 15 is 0 Å². The molecule has 0 unspecified atom stereocenters. The second kappa shape index (κ2) is 6.75. The van der Waals surface area contributed by atoms with Crippen molar-refractivity contribution in [2.75, 3.05) is 6.61 Å². The maximum absolute atomic E-state index is 12.9. The number of benzene rings is 1. The van der Waals surface area contributed by atoms with Gasteiger partial charge in [0.25, 0.3) is 6.43 Å². The van der Waals surface area contributed by atoms with Gasteiger partial charge in [-0.3, -0.25) is 0 Å². The number of hydrogen-bond acceptors (Lipinski definition) is 4. The number of esters is 1. The minimum Gasteiger partial charge on any atom is -0.462 e. The Kier molecular flexibility index (Phi) is 5.32. The Morgan fingerprint density at radius 2 is 2.00 bits per heavy atom. The van der Waals surface area contributed by atoms with Gasteiger partial charge in [-0.05, 0) is 19.1 Å². The molecule has 0 atom stereocenters. The summed E-state index contributed by atoms with van der Waals surface area (Å²) in [7, 11) is 0. The van der Waals surface area contributed by atoms with Gasteiger partial charge in [0.1, 0.15) is 5.56 Å². The van der Waals surface area contributed by atoms with Crippen LogP contribution in [0.4, 0.5) is 17.6 Å². The highest BCUT2D eigenvalue weighted by molar-refractivity contribution is 5.93. The van der Waals surface area contributed by atoms with Gasteiger partial charge in [-0.25, -0.2) is 13.6 Å². The molecule has 0 fully saturated rings. The highest BCUT2D eigenvalue weighted by Crippen LogP contribution is 2.36. The molecule has 0 saturated heterocycles. The SMILES string of the molecule is CCOC(=O)c1ccc(C#N)c(C(F)F)c1OC(F)F. The number of hydrogen-bond donors (Lipinski definition) is 0. The van der Waals surface area contributed by atoms with Gasteiger partial charge in [0, 0.05) is 0 Å². The molecule has 0 heterocycles. The van der Waals surface area contributed by atoms with Crippen molar-refractivity contribution in [3.63, 3.8) is 0 Å². The lowest BCUT2D eigenvalue weighted by Gasteiger charge is -2.15.